The molecule has 182 valence electrons. The van der Waals surface area contributed by atoms with Gasteiger partial charge in [-0.3, -0.25) is 23.5 Å². The van der Waals surface area contributed by atoms with Gasteiger partial charge in [0.1, 0.15) is 12.1 Å². The van der Waals surface area contributed by atoms with Crippen molar-refractivity contribution in [1.29, 1.82) is 0 Å². The number of carbonyl (C=O) groups is 3. The van der Waals surface area contributed by atoms with Crippen LogP contribution in [0, 0.1) is 5.92 Å². The highest BCUT2D eigenvalue weighted by atomic mass is 16.2. The van der Waals surface area contributed by atoms with E-state index in [0.29, 0.717) is 24.3 Å². The maximum Gasteiger partial charge on any atom is 0.329 e. The van der Waals surface area contributed by atoms with Crippen LogP contribution >= 0.6 is 0 Å². The van der Waals surface area contributed by atoms with Crippen LogP contribution in [0.5, 0.6) is 0 Å². The average Bonchev–Trinajstić information content (AvgIpc) is 3.13. The van der Waals surface area contributed by atoms with Gasteiger partial charge in [0, 0.05) is 37.8 Å². The lowest BCUT2D eigenvalue weighted by Gasteiger charge is -2.33. The third-order valence-electron chi connectivity index (χ3n) is 7.77. The van der Waals surface area contributed by atoms with Gasteiger partial charge in [-0.05, 0) is 73.9 Å². The summed E-state index contributed by atoms with van der Waals surface area (Å²) < 4.78 is 3.28. The van der Waals surface area contributed by atoms with E-state index >= 15 is 0 Å². The van der Waals surface area contributed by atoms with E-state index in [1.165, 1.54) is 0 Å². The molecule has 7 nitrogen and oxygen atoms in total. The molecule has 1 unspecified atom stereocenters. The van der Waals surface area contributed by atoms with E-state index in [1.54, 1.807) is 16.2 Å². The maximum atomic E-state index is 13.1. The molecule has 0 amide bonds. The summed E-state index contributed by atoms with van der Waals surface area (Å²) in [5.74, 6) is 0.416. The molecule has 0 bridgehead atoms. The molecule has 2 fully saturated rings. The topological polar surface area (TPSA) is 81.4 Å². The summed E-state index contributed by atoms with van der Waals surface area (Å²) in [5.41, 5.74) is 4.49. The number of rotatable bonds is 6. The molecule has 5 rings (SSSR count). The Hall–Kier alpha value is -3.48. The minimum Gasteiger partial charge on any atom is -0.372 e. The molecule has 1 saturated heterocycles. The molecule has 2 heterocycles. The van der Waals surface area contributed by atoms with Crippen molar-refractivity contribution in [2.45, 2.75) is 51.0 Å². The Morgan fingerprint density at radius 3 is 2.40 bits per heavy atom. The first-order valence-electron chi connectivity index (χ1n) is 12.5. The van der Waals surface area contributed by atoms with E-state index in [1.807, 2.05) is 36.4 Å². The fraction of sp³-hybridized carbons (Fsp3) is 0.429. The number of aldehydes is 1. The van der Waals surface area contributed by atoms with Gasteiger partial charge >= 0.3 is 5.69 Å². The second-order valence-corrected chi connectivity index (χ2v) is 9.91. The van der Waals surface area contributed by atoms with Crippen LogP contribution in [0.2, 0.25) is 0 Å². The van der Waals surface area contributed by atoms with Crippen LogP contribution in [0.1, 0.15) is 60.5 Å². The van der Waals surface area contributed by atoms with E-state index in [0.717, 1.165) is 67.3 Å². The summed E-state index contributed by atoms with van der Waals surface area (Å²) in [6.45, 7) is 1.99. The van der Waals surface area contributed by atoms with Gasteiger partial charge in [0.05, 0.1) is 23.5 Å². The van der Waals surface area contributed by atoms with Crippen LogP contribution in [-0.4, -0.2) is 40.1 Å². The van der Waals surface area contributed by atoms with Gasteiger partial charge in [0.15, 0.2) is 5.78 Å². The van der Waals surface area contributed by atoms with E-state index in [4.69, 9.17) is 0 Å². The highest BCUT2D eigenvalue weighted by Crippen LogP contribution is 2.30. The van der Waals surface area contributed by atoms with Gasteiger partial charge in [-0.1, -0.05) is 12.1 Å². The Bertz CT molecular complexity index is 1330. The van der Waals surface area contributed by atoms with Crippen molar-refractivity contribution in [1.82, 2.24) is 9.13 Å². The standard InChI is InChI=1S/C28H31N3O4/c1-29-27-21(3-2-4-25(27)31(28(29)35)24-12-11-23(33)17-26(24)34)8-5-19-13-15-30(16-14-19)22-9-6-20(18-32)7-10-22/h2-4,6-7,9-10,18-19,24H,5,8,11-17H2,1H3. The summed E-state index contributed by atoms with van der Waals surface area (Å²) in [6.07, 6.45) is 5.68. The molecule has 35 heavy (non-hydrogen) atoms. The number of anilines is 1. The van der Waals surface area contributed by atoms with E-state index in [2.05, 4.69) is 11.0 Å². The van der Waals surface area contributed by atoms with Crippen LogP contribution in [0.25, 0.3) is 11.0 Å². The number of aryl methyl sites for hydroxylation is 2. The summed E-state index contributed by atoms with van der Waals surface area (Å²) in [6, 6.07) is 13.2. The molecular weight excluding hydrogens is 442 g/mol. The van der Waals surface area contributed by atoms with Crippen molar-refractivity contribution in [2.75, 3.05) is 18.0 Å². The SMILES string of the molecule is Cn1c(=O)n(C2CCC(=O)CC2=O)c2cccc(CCC3CCN(c4ccc(C=O)cc4)CC3)c21. The Morgan fingerprint density at radius 1 is 0.971 bits per heavy atom. The summed E-state index contributed by atoms with van der Waals surface area (Å²) >= 11 is 0. The third-order valence-corrected chi connectivity index (χ3v) is 7.77. The number of Topliss-reactive ketones (excluding diaryl/α,β-unsaturated/α-hetero) is 2. The smallest absolute Gasteiger partial charge is 0.329 e. The summed E-state index contributed by atoms with van der Waals surface area (Å²) in [4.78, 5) is 50.7. The van der Waals surface area contributed by atoms with Gasteiger partial charge in [-0.2, -0.15) is 0 Å². The number of hydrogen-bond donors (Lipinski definition) is 0. The van der Waals surface area contributed by atoms with E-state index in [-0.39, 0.29) is 23.7 Å². The van der Waals surface area contributed by atoms with Crippen molar-refractivity contribution in [2.24, 2.45) is 13.0 Å². The zero-order valence-electron chi connectivity index (χ0n) is 20.1. The van der Waals surface area contributed by atoms with Crippen molar-refractivity contribution in [3.63, 3.8) is 0 Å². The lowest BCUT2D eigenvalue weighted by atomic mass is 9.90. The van der Waals surface area contributed by atoms with Gasteiger partial charge in [0.2, 0.25) is 0 Å². The first-order chi connectivity index (χ1) is 17.0. The molecule has 1 aliphatic heterocycles. The zero-order valence-corrected chi connectivity index (χ0v) is 20.1. The number of piperidine rings is 1. The first kappa shape index (κ1) is 23.3. The molecule has 1 atom stereocenters. The van der Waals surface area contributed by atoms with Crippen molar-refractivity contribution < 1.29 is 14.4 Å². The van der Waals surface area contributed by atoms with Crippen LogP contribution < -0.4 is 10.6 Å². The molecule has 2 aromatic carbocycles. The molecule has 0 radical (unpaired) electrons. The Labute approximate surface area is 204 Å². The number of fused-ring (bicyclic) bond motifs is 1. The minimum absolute atomic E-state index is 0.0377. The molecule has 2 aliphatic rings. The second kappa shape index (κ2) is 9.64. The van der Waals surface area contributed by atoms with Crippen LogP contribution in [0.4, 0.5) is 5.69 Å². The average molecular weight is 474 g/mol. The Morgan fingerprint density at radius 2 is 1.71 bits per heavy atom. The molecule has 1 aliphatic carbocycles. The number of ketones is 2. The maximum absolute atomic E-state index is 13.1. The normalized spacial score (nSPS) is 19.5. The van der Waals surface area contributed by atoms with Crippen LogP contribution in [0.15, 0.2) is 47.3 Å². The largest absolute Gasteiger partial charge is 0.372 e. The van der Waals surface area contributed by atoms with Crippen LogP contribution in [-0.2, 0) is 23.1 Å². The number of carbonyl (C=O) groups excluding carboxylic acids is 3. The number of imidazole rings is 1. The number of hydrogen-bond acceptors (Lipinski definition) is 5. The monoisotopic (exact) mass is 473 g/mol. The first-order valence-corrected chi connectivity index (χ1v) is 12.5. The number of nitrogens with zero attached hydrogens (tertiary/aromatic N) is 3. The Kier molecular flexibility index (Phi) is 6.41. The molecule has 7 heteroatoms. The zero-order chi connectivity index (χ0) is 24.5. The predicted molar refractivity (Wildman–Crippen MR) is 135 cm³/mol. The lowest BCUT2D eigenvalue weighted by Crippen LogP contribution is -2.34. The van der Waals surface area contributed by atoms with Crippen LogP contribution in [0.3, 0.4) is 0 Å². The predicted octanol–water partition coefficient (Wildman–Crippen LogP) is 3.86. The highest BCUT2D eigenvalue weighted by molar-refractivity contribution is 6.03. The van der Waals surface area contributed by atoms with Crippen molar-refractivity contribution in [3.05, 3.63) is 64.1 Å². The number of para-hydroxylation sites is 1. The molecule has 0 N–H and O–H groups in total. The van der Waals surface area contributed by atoms with Gasteiger partial charge < -0.3 is 4.90 Å². The fourth-order valence-electron chi connectivity index (χ4n) is 5.76. The van der Waals surface area contributed by atoms with Gasteiger partial charge in [-0.15, -0.1) is 0 Å². The molecule has 3 aromatic rings. The number of benzene rings is 2. The third kappa shape index (κ3) is 4.47. The van der Waals surface area contributed by atoms with Crippen molar-refractivity contribution >= 4 is 34.6 Å². The Balaban J connectivity index is 1.29. The fourth-order valence-corrected chi connectivity index (χ4v) is 5.76. The van der Waals surface area contributed by atoms with Gasteiger partial charge in [-0.25, -0.2) is 4.79 Å². The second-order valence-electron chi connectivity index (χ2n) is 9.91. The van der Waals surface area contributed by atoms with Crippen molar-refractivity contribution in [3.8, 4) is 0 Å². The lowest BCUT2D eigenvalue weighted by molar-refractivity contribution is -0.132. The molecule has 0 spiro atoms. The molecule has 1 aromatic heterocycles. The summed E-state index contributed by atoms with van der Waals surface area (Å²) in [7, 11) is 1.78. The number of aromatic nitrogens is 2. The molecular formula is C28H31N3O4. The quantitative estimate of drug-likeness (QED) is 0.401. The molecule has 1 saturated carbocycles. The summed E-state index contributed by atoms with van der Waals surface area (Å²) in [5, 5.41) is 0. The minimum atomic E-state index is -0.552. The van der Waals surface area contributed by atoms with E-state index < -0.39 is 6.04 Å². The highest BCUT2D eigenvalue weighted by Gasteiger charge is 2.31. The van der Waals surface area contributed by atoms with Gasteiger partial charge in [0.25, 0.3) is 0 Å². The van der Waals surface area contributed by atoms with E-state index in [9.17, 15) is 19.2 Å².